The first-order chi connectivity index (χ1) is 9.87. The average molecular weight is 311 g/mol. The number of halogens is 1. The van der Waals surface area contributed by atoms with Crippen LogP contribution in [0.25, 0.3) is 0 Å². The minimum Gasteiger partial charge on any atom is -0.478 e. The molecule has 1 fully saturated rings. The van der Waals surface area contributed by atoms with Crippen LogP contribution >= 0.6 is 11.6 Å². The van der Waals surface area contributed by atoms with Gasteiger partial charge in [0, 0.05) is 24.0 Å². The highest BCUT2D eigenvalue weighted by molar-refractivity contribution is 6.30. The maximum atomic E-state index is 12.3. The maximum absolute atomic E-state index is 12.3. The van der Waals surface area contributed by atoms with Crippen LogP contribution in [0.2, 0.25) is 5.02 Å². The van der Waals surface area contributed by atoms with E-state index < -0.39 is 5.60 Å². The molecule has 1 atom stereocenters. The number of hydrogen-bond donors (Lipinski definition) is 2. The standard InChI is InChI=1S/C15H19ClN2O3/c1-15(2,21-12-6-3-10(16)4-7-12)14(20)18-11-5-8-13(19)17-9-11/h3-4,6-7,11H,5,8-9H2,1-2H3,(H,17,19)(H,18,20). The van der Waals surface area contributed by atoms with Gasteiger partial charge in [-0.3, -0.25) is 9.59 Å². The van der Waals surface area contributed by atoms with Crippen molar-refractivity contribution in [1.29, 1.82) is 0 Å². The zero-order valence-corrected chi connectivity index (χ0v) is 12.9. The molecule has 1 aliphatic rings. The molecule has 0 saturated carbocycles. The molecule has 1 aromatic rings. The number of ether oxygens (including phenoxy) is 1. The largest absolute Gasteiger partial charge is 0.478 e. The number of rotatable bonds is 4. The number of amides is 2. The van der Waals surface area contributed by atoms with Gasteiger partial charge in [0.15, 0.2) is 5.60 Å². The van der Waals surface area contributed by atoms with Gasteiger partial charge in [0.25, 0.3) is 5.91 Å². The minimum absolute atomic E-state index is 0.0252. The lowest BCUT2D eigenvalue weighted by atomic mass is 10.0. The van der Waals surface area contributed by atoms with Crippen molar-refractivity contribution < 1.29 is 14.3 Å². The summed E-state index contributed by atoms with van der Waals surface area (Å²) in [5.41, 5.74) is -1.00. The fraction of sp³-hybridized carbons (Fsp3) is 0.467. The molecule has 0 aromatic heterocycles. The maximum Gasteiger partial charge on any atom is 0.263 e. The van der Waals surface area contributed by atoms with Gasteiger partial charge in [-0.25, -0.2) is 0 Å². The number of benzene rings is 1. The first-order valence-electron chi connectivity index (χ1n) is 6.89. The lowest BCUT2D eigenvalue weighted by molar-refractivity contribution is -0.135. The first kappa shape index (κ1) is 15.6. The van der Waals surface area contributed by atoms with Crippen molar-refractivity contribution in [2.75, 3.05) is 6.54 Å². The Morgan fingerprint density at radius 1 is 1.38 bits per heavy atom. The lowest BCUT2D eigenvalue weighted by Crippen LogP contribution is -2.54. The van der Waals surface area contributed by atoms with Gasteiger partial charge in [-0.1, -0.05) is 11.6 Å². The van der Waals surface area contributed by atoms with Crippen LogP contribution in [0.4, 0.5) is 0 Å². The van der Waals surface area contributed by atoms with E-state index in [0.717, 1.165) is 0 Å². The third-order valence-electron chi connectivity index (χ3n) is 3.33. The van der Waals surface area contributed by atoms with Crippen molar-refractivity contribution in [3.8, 4) is 5.75 Å². The van der Waals surface area contributed by atoms with E-state index in [9.17, 15) is 9.59 Å². The quantitative estimate of drug-likeness (QED) is 0.892. The van der Waals surface area contributed by atoms with Crippen molar-refractivity contribution in [3.63, 3.8) is 0 Å². The number of carbonyl (C=O) groups excluding carboxylic acids is 2. The van der Waals surface area contributed by atoms with E-state index in [-0.39, 0.29) is 17.9 Å². The second kappa shape index (κ2) is 6.35. The van der Waals surface area contributed by atoms with Gasteiger partial charge < -0.3 is 15.4 Å². The zero-order valence-electron chi connectivity index (χ0n) is 12.1. The van der Waals surface area contributed by atoms with Gasteiger partial charge >= 0.3 is 0 Å². The van der Waals surface area contributed by atoms with Crippen molar-refractivity contribution in [2.45, 2.75) is 38.3 Å². The molecule has 0 bridgehead atoms. The van der Waals surface area contributed by atoms with Crippen LogP contribution in [0.5, 0.6) is 5.75 Å². The van der Waals surface area contributed by atoms with Crippen molar-refractivity contribution >= 4 is 23.4 Å². The summed E-state index contributed by atoms with van der Waals surface area (Å²) >= 11 is 5.82. The highest BCUT2D eigenvalue weighted by atomic mass is 35.5. The smallest absolute Gasteiger partial charge is 0.263 e. The second-order valence-electron chi connectivity index (χ2n) is 5.58. The Morgan fingerprint density at radius 2 is 2.05 bits per heavy atom. The molecule has 5 nitrogen and oxygen atoms in total. The van der Waals surface area contributed by atoms with Crippen molar-refractivity contribution in [1.82, 2.24) is 10.6 Å². The van der Waals surface area contributed by atoms with E-state index in [1.807, 2.05) is 0 Å². The average Bonchev–Trinajstić information content (AvgIpc) is 2.43. The predicted octanol–water partition coefficient (Wildman–Crippen LogP) is 1.89. The van der Waals surface area contributed by atoms with E-state index in [4.69, 9.17) is 16.3 Å². The molecule has 2 N–H and O–H groups in total. The van der Waals surface area contributed by atoms with E-state index >= 15 is 0 Å². The molecule has 21 heavy (non-hydrogen) atoms. The monoisotopic (exact) mass is 310 g/mol. The topological polar surface area (TPSA) is 67.4 Å². The molecule has 114 valence electrons. The summed E-state index contributed by atoms with van der Waals surface area (Å²) in [6, 6.07) is 6.81. The number of nitrogens with one attached hydrogen (secondary N) is 2. The van der Waals surface area contributed by atoms with Crippen molar-refractivity contribution in [3.05, 3.63) is 29.3 Å². The summed E-state index contributed by atoms with van der Waals surface area (Å²) in [4.78, 5) is 23.4. The molecule has 1 aromatic carbocycles. The molecular formula is C15H19ClN2O3. The van der Waals surface area contributed by atoms with Gasteiger partial charge in [0.1, 0.15) is 5.75 Å². The molecule has 1 saturated heterocycles. The van der Waals surface area contributed by atoms with Gasteiger partial charge in [-0.2, -0.15) is 0 Å². The predicted molar refractivity (Wildman–Crippen MR) is 80.3 cm³/mol. The number of piperidine rings is 1. The molecular weight excluding hydrogens is 292 g/mol. The molecule has 0 aliphatic carbocycles. The van der Waals surface area contributed by atoms with Gasteiger partial charge in [0.2, 0.25) is 5.91 Å². The van der Waals surface area contributed by atoms with Gasteiger partial charge in [0.05, 0.1) is 0 Å². The van der Waals surface area contributed by atoms with E-state index in [0.29, 0.717) is 30.2 Å². The summed E-state index contributed by atoms with van der Waals surface area (Å²) in [6.07, 6.45) is 1.08. The minimum atomic E-state index is -1.00. The summed E-state index contributed by atoms with van der Waals surface area (Å²) in [7, 11) is 0. The van der Waals surface area contributed by atoms with Crippen LogP contribution < -0.4 is 15.4 Å². The van der Waals surface area contributed by atoms with Crippen LogP contribution in [0, 0.1) is 0 Å². The highest BCUT2D eigenvalue weighted by Gasteiger charge is 2.32. The van der Waals surface area contributed by atoms with Crippen LogP contribution in [0.1, 0.15) is 26.7 Å². The Kier molecular flexibility index (Phi) is 4.73. The summed E-state index contributed by atoms with van der Waals surface area (Å²) in [5.74, 6) is 0.396. The number of carbonyl (C=O) groups is 2. The highest BCUT2D eigenvalue weighted by Crippen LogP contribution is 2.21. The molecule has 2 amide bonds. The Bertz CT molecular complexity index is 518. The SMILES string of the molecule is CC(C)(Oc1ccc(Cl)cc1)C(=O)NC1CCC(=O)NC1. The normalized spacial score (nSPS) is 18.8. The second-order valence-corrected chi connectivity index (χ2v) is 6.02. The molecule has 0 spiro atoms. The van der Waals surface area contributed by atoms with Crippen LogP contribution in [0.3, 0.4) is 0 Å². The van der Waals surface area contributed by atoms with E-state index in [1.54, 1.807) is 38.1 Å². The van der Waals surface area contributed by atoms with Gasteiger partial charge in [-0.15, -0.1) is 0 Å². The Balaban J connectivity index is 1.93. The Hall–Kier alpha value is -1.75. The first-order valence-corrected chi connectivity index (χ1v) is 7.27. The van der Waals surface area contributed by atoms with E-state index in [2.05, 4.69) is 10.6 Å². The summed E-state index contributed by atoms with van der Waals surface area (Å²) in [5, 5.41) is 6.26. The molecule has 0 radical (unpaired) electrons. The third-order valence-corrected chi connectivity index (χ3v) is 3.59. The van der Waals surface area contributed by atoms with Gasteiger partial charge in [-0.05, 0) is 44.5 Å². The fourth-order valence-electron chi connectivity index (χ4n) is 2.06. The summed E-state index contributed by atoms with van der Waals surface area (Å²) < 4.78 is 5.72. The van der Waals surface area contributed by atoms with Crippen molar-refractivity contribution in [2.24, 2.45) is 0 Å². The van der Waals surface area contributed by atoms with Crippen LogP contribution in [-0.4, -0.2) is 30.0 Å². The molecule has 6 heteroatoms. The molecule has 1 heterocycles. The molecule has 1 unspecified atom stereocenters. The van der Waals surface area contributed by atoms with Crippen LogP contribution in [0.15, 0.2) is 24.3 Å². The Morgan fingerprint density at radius 3 is 2.62 bits per heavy atom. The van der Waals surface area contributed by atoms with E-state index in [1.165, 1.54) is 0 Å². The number of hydrogen-bond acceptors (Lipinski definition) is 3. The molecule has 2 rings (SSSR count). The van der Waals surface area contributed by atoms with Crippen LogP contribution in [-0.2, 0) is 9.59 Å². The zero-order chi connectivity index (χ0) is 15.5. The third kappa shape index (κ3) is 4.36. The Labute approximate surface area is 129 Å². The molecule has 1 aliphatic heterocycles. The summed E-state index contributed by atoms with van der Waals surface area (Å²) in [6.45, 7) is 3.87. The lowest BCUT2D eigenvalue weighted by Gasteiger charge is -2.30. The fourth-order valence-corrected chi connectivity index (χ4v) is 2.18.